The van der Waals surface area contributed by atoms with Crippen molar-refractivity contribution in [3.8, 4) is 5.69 Å². The Balaban J connectivity index is 1.48. The molecule has 0 saturated carbocycles. The van der Waals surface area contributed by atoms with Crippen LogP contribution in [0.3, 0.4) is 0 Å². The van der Waals surface area contributed by atoms with Gasteiger partial charge in [-0.3, -0.25) is 4.79 Å². The number of hydrogen-bond acceptors (Lipinski definition) is 2. The lowest BCUT2D eigenvalue weighted by atomic mass is 10.0. The number of halogens is 1. The van der Waals surface area contributed by atoms with Gasteiger partial charge in [0.1, 0.15) is 5.82 Å². The fourth-order valence-corrected chi connectivity index (χ4v) is 3.68. The monoisotopic (exact) mass is 401 g/mol. The van der Waals surface area contributed by atoms with Crippen molar-refractivity contribution in [3.05, 3.63) is 117 Å². The maximum absolute atomic E-state index is 13.1. The van der Waals surface area contributed by atoms with E-state index in [9.17, 15) is 9.18 Å². The summed E-state index contributed by atoms with van der Waals surface area (Å²) in [4.78, 5) is 17.1. The molecule has 4 nitrogen and oxygen atoms in total. The summed E-state index contributed by atoms with van der Waals surface area (Å²) in [7, 11) is 0. The minimum Gasteiger partial charge on any atom is -0.311 e. The summed E-state index contributed by atoms with van der Waals surface area (Å²) in [6.07, 6.45) is 7.08. The average molecular weight is 401 g/mol. The normalized spacial score (nSPS) is 11.0. The van der Waals surface area contributed by atoms with Crippen LogP contribution in [0, 0.1) is 19.7 Å². The van der Waals surface area contributed by atoms with Crippen molar-refractivity contribution >= 4 is 0 Å². The molecule has 0 aliphatic carbocycles. The molecule has 0 spiro atoms. The van der Waals surface area contributed by atoms with Crippen LogP contribution in [-0.4, -0.2) is 14.1 Å². The highest BCUT2D eigenvalue weighted by atomic mass is 19.1. The first-order valence-corrected chi connectivity index (χ1v) is 10.0. The molecule has 2 aromatic heterocycles. The summed E-state index contributed by atoms with van der Waals surface area (Å²) in [6, 6.07) is 16.4. The van der Waals surface area contributed by atoms with Gasteiger partial charge < -0.3 is 9.13 Å². The lowest BCUT2D eigenvalue weighted by Gasteiger charge is -2.11. The first-order valence-electron chi connectivity index (χ1n) is 10.0. The van der Waals surface area contributed by atoms with Gasteiger partial charge in [-0.2, -0.15) is 0 Å². The van der Waals surface area contributed by atoms with Gasteiger partial charge in [0.25, 0.3) is 5.56 Å². The summed E-state index contributed by atoms with van der Waals surface area (Å²) < 4.78 is 16.8. The van der Waals surface area contributed by atoms with E-state index in [0.29, 0.717) is 13.0 Å². The Morgan fingerprint density at radius 2 is 1.73 bits per heavy atom. The number of pyridine rings is 1. The molecule has 30 heavy (non-hydrogen) atoms. The van der Waals surface area contributed by atoms with E-state index in [2.05, 4.69) is 30.1 Å². The SMILES string of the molecule is Cc1cn(-c2ccc(CCc3cccn(Cc4ccc(F)cc4)c3=O)cc2C)cn1. The van der Waals surface area contributed by atoms with Crippen molar-refractivity contribution in [1.29, 1.82) is 0 Å². The maximum Gasteiger partial charge on any atom is 0.254 e. The number of nitrogens with zero attached hydrogens (tertiary/aromatic N) is 3. The van der Waals surface area contributed by atoms with Crippen LogP contribution in [-0.2, 0) is 19.4 Å². The van der Waals surface area contributed by atoms with Crippen LogP contribution in [0.2, 0.25) is 0 Å². The van der Waals surface area contributed by atoms with Crippen LogP contribution in [0.1, 0.15) is 27.9 Å². The molecule has 2 heterocycles. The summed E-state index contributed by atoms with van der Waals surface area (Å²) >= 11 is 0. The number of rotatable bonds is 6. The highest BCUT2D eigenvalue weighted by Gasteiger charge is 2.07. The molecule has 4 aromatic rings. The van der Waals surface area contributed by atoms with E-state index < -0.39 is 0 Å². The first kappa shape index (κ1) is 19.8. The predicted octanol–water partition coefficient (Wildman–Crippen LogP) is 4.62. The van der Waals surface area contributed by atoms with E-state index >= 15 is 0 Å². The summed E-state index contributed by atoms with van der Waals surface area (Å²) in [5.41, 5.74) is 6.15. The first-order chi connectivity index (χ1) is 14.5. The van der Waals surface area contributed by atoms with E-state index in [1.807, 2.05) is 36.1 Å². The van der Waals surface area contributed by atoms with Gasteiger partial charge in [0.2, 0.25) is 0 Å². The highest BCUT2D eigenvalue weighted by molar-refractivity contribution is 5.43. The van der Waals surface area contributed by atoms with E-state index in [0.717, 1.165) is 28.9 Å². The van der Waals surface area contributed by atoms with Gasteiger partial charge in [-0.25, -0.2) is 9.37 Å². The van der Waals surface area contributed by atoms with Crippen molar-refractivity contribution < 1.29 is 4.39 Å². The van der Waals surface area contributed by atoms with Gasteiger partial charge in [0.05, 0.1) is 18.6 Å². The predicted molar refractivity (Wildman–Crippen MR) is 117 cm³/mol. The van der Waals surface area contributed by atoms with Crippen molar-refractivity contribution in [2.45, 2.75) is 33.2 Å². The van der Waals surface area contributed by atoms with E-state index in [4.69, 9.17) is 0 Å². The minimum atomic E-state index is -0.274. The molecule has 5 heteroatoms. The zero-order valence-corrected chi connectivity index (χ0v) is 17.2. The standard InChI is InChI=1S/C25H24FN3O/c1-18-14-20(8-12-24(18)29-15-19(2)27-17-29)5-9-22-4-3-13-28(25(22)30)16-21-6-10-23(26)11-7-21/h3-4,6-8,10-15,17H,5,9,16H2,1-2H3. The summed E-state index contributed by atoms with van der Waals surface area (Å²) in [5, 5.41) is 0. The summed E-state index contributed by atoms with van der Waals surface area (Å²) in [6.45, 7) is 4.50. The number of benzene rings is 2. The fourth-order valence-electron chi connectivity index (χ4n) is 3.68. The fraction of sp³-hybridized carbons (Fsp3) is 0.200. The van der Waals surface area contributed by atoms with Gasteiger partial charge in [-0.1, -0.05) is 30.3 Å². The van der Waals surface area contributed by atoms with Crippen LogP contribution < -0.4 is 5.56 Å². The molecule has 0 bridgehead atoms. The van der Waals surface area contributed by atoms with Crippen LogP contribution in [0.25, 0.3) is 5.69 Å². The van der Waals surface area contributed by atoms with Crippen LogP contribution >= 0.6 is 0 Å². The second-order valence-electron chi connectivity index (χ2n) is 7.64. The Labute approximate surface area is 175 Å². The molecule has 0 radical (unpaired) electrons. The average Bonchev–Trinajstić information content (AvgIpc) is 3.16. The highest BCUT2D eigenvalue weighted by Crippen LogP contribution is 2.17. The Bertz CT molecular complexity index is 1220. The zero-order chi connectivity index (χ0) is 21.1. The van der Waals surface area contributed by atoms with Gasteiger partial charge in [0.15, 0.2) is 0 Å². The molecule has 4 rings (SSSR count). The molecule has 0 aliphatic rings. The largest absolute Gasteiger partial charge is 0.311 e. The van der Waals surface area contributed by atoms with Crippen LogP contribution in [0.15, 0.2) is 78.1 Å². The van der Waals surface area contributed by atoms with Crippen molar-refractivity contribution in [2.75, 3.05) is 0 Å². The maximum atomic E-state index is 13.1. The third kappa shape index (κ3) is 4.40. The molecule has 0 fully saturated rings. The summed E-state index contributed by atoms with van der Waals surface area (Å²) in [5.74, 6) is -0.274. The third-order valence-electron chi connectivity index (χ3n) is 5.30. The topological polar surface area (TPSA) is 39.8 Å². The van der Waals surface area contributed by atoms with E-state index in [1.165, 1.54) is 23.3 Å². The van der Waals surface area contributed by atoms with Crippen LogP contribution in [0.4, 0.5) is 4.39 Å². The Kier molecular flexibility index (Phi) is 5.61. The van der Waals surface area contributed by atoms with Gasteiger partial charge in [-0.15, -0.1) is 0 Å². The third-order valence-corrected chi connectivity index (χ3v) is 5.30. The van der Waals surface area contributed by atoms with Crippen molar-refractivity contribution in [3.63, 3.8) is 0 Å². The molecule has 2 aromatic carbocycles. The van der Waals surface area contributed by atoms with Crippen molar-refractivity contribution in [2.24, 2.45) is 0 Å². The van der Waals surface area contributed by atoms with E-state index in [1.54, 1.807) is 22.9 Å². The minimum absolute atomic E-state index is 0.00376. The van der Waals surface area contributed by atoms with Crippen LogP contribution in [0.5, 0.6) is 0 Å². The smallest absolute Gasteiger partial charge is 0.254 e. The molecule has 0 saturated heterocycles. The molecule has 0 amide bonds. The lowest BCUT2D eigenvalue weighted by molar-refractivity contribution is 0.626. The number of aryl methyl sites for hydroxylation is 4. The lowest BCUT2D eigenvalue weighted by Crippen LogP contribution is -2.23. The molecular weight excluding hydrogens is 377 g/mol. The number of imidazole rings is 1. The second-order valence-corrected chi connectivity index (χ2v) is 7.64. The van der Waals surface area contributed by atoms with Gasteiger partial charge in [0, 0.05) is 23.6 Å². The zero-order valence-electron chi connectivity index (χ0n) is 17.2. The Morgan fingerprint density at radius 3 is 2.43 bits per heavy atom. The molecule has 0 atom stereocenters. The number of hydrogen-bond donors (Lipinski definition) is 0. The molecule has 0 aliphatic heterocycles. The molecule has 0 unspecified atom stereocenters. The second kappa shape index (κ2) is 8.49. The Morgan fingerprint density at radius 1 is 0.967 bits per heavy atom. The molecular formula is C25H24FN3O. The van der Waals surface area contributed by atoms with E-state index in [-0.39, 0.29) is 11.4 Å². The molecule has 152 valence electrons. The van der Waals surface area contributed by atoms with Gasteiger partial charge >= 0.3 is 0 Å². The molecule has 0 N–H and O–H groups in total. The van der Waals surface area contributed by atoms with Gasteiger partial charge in [-0.05, 0) is 67.6 Å². The van der Waals surface area contributed by atoms with Crippen molar-refractivity contribution in [1.82, 2.24) is 14.1 Å². The number of aromatic nitrogens is 3. The quantitative estimate of drug-likeness (QED) is 0.473. The Hall–Kier alpha value is -3.47.